The Morgan fingerprint density at radius 2 is 1.76 bits per heavy atom. The van der Waals surface area contributed by atoms with E-state index in [4.69, 9.17) is 9.47 Å². The fourth-order valence-electron chi connectivity index (χ4n) is 2.82. The van der Waals surface area contributed by atoms with Crippen molar-refractivity contribution in [3.05, 3.63) is 65.2 Å². The van der Waals surface area contributed by atoms with Crippen LogP contribution in [-0.2, 0) is 4.74 Å². The Balaban J connectivity index is 2.13. The number of carboxylic acid groups (broad SMARTS) is 1. The van der Waals surface area contributed by atoms with Crippen LogP contribution in [0.4, 0.5) is 4.79 Å². The summed E-state index contributed by atoms with van der Waals surface area (Å²) < 4.78 is 11.6. The maximum absolute atomic E-state index is 12.2. The van der Waals surface area contributed by atoms with Crippen LogP contribution in [0.25, 0.3) is 0 Å². The van der Waals surface area contributed by atoms with E-state index in [0.717, 1.165) is 5.56 Å². The molecule has 2 aromatic carbocycles. The molecule has 0 saturated heterocycles. The molecule has 0 saturated carbocycles. The Labute approximate surface area is 172 Å². The summed E-state index contributed by atoms with van der Waals surface area (Å²) in [7, 11) is 1.70. The second-order valence-electron chi connectivity index (χ2n) is 7.99. The Kier molecular flexibility index (Phi) is 7.26. The summed E-state index contributed by atoms with van der Waals surface area (Å²) in [6, 6.07) is 14.7. The van der Waals surface area contributed by atoms with Crippen molar-refractivity contribution in [2.45, 2.75) is 45.8 Å². The predicted octanol–water partition coefficient (Wildman–Crippen LogP) is 5.07. The molecule has 2 rings (SSSR count). The molecule has 156 valence electrons. The zero-order valence-corrected chi connectivity index (χ0v) is 17.6. The summed E-state index contributed by atoms with van der Waals surface area (Å²) in [5.41, 5.74) is 1.31. The largest absolute Gasteiger partial charge is 0.486 e. The molecular weight excluding hydrogens is 370 g/mol. The summed E-state index contributed by atoms with van der Waals surface area (Å²) in [4.78, 5) is 25.0. The van der Waals surface area contributed by atoms with Crippen molar-refractivity contribution < 1.29 is 24.2 Å². The molecule has 29 heavy (non-hydrogen) atoms. The van der Waals surface area contributed by atoms with Gasteiger partial charge in [-0.15, -0.1) is 0 Å². The summed E-state index contributed by atoms with van der Waals surface area (Å²) in [6.07, 6.45) is -0.124. The smallest absolute Gasteiger partial charge is 0.410 e. The Morgan fingerprint density at radius 3 is 2.31 bits per heavy atom. The van der Waals surface area contributed by atoms with Gasteiger partial charge in [0.05, 0.1) is 5.56 Å². The van der Waals surface area contributed by atoms with E-state index >= 15 is 0 Å². The van der Waals surface area contributed by atoms with Crippen LogP contribution in [0.3, 0.4) is 0 Å². The third-order valence-electron chi connectivity index (χ3n) is 4.31. The molecule has 1 amide bonds. The molecule has 1 atom stereocenters. The van der Waals surface area contributed by atoms with E-state index in [1.807, 2.05) is 51.1 Å². The van der Waals surface area contributed by atoms with Crippen molar-refractivity contribution in [3.63, 3.8) is 0 Å². The second-order valence-corrected chi connectivity index (χ2v) is 7.99. The SMILES string of the molecule is Cc1cc(OC(CCN(C)C(=O)OC(C)(C)C)c2ccccc2)ccc1C(=O)O. The summed E-state index contributed by atoms with van der Waals surface area (Å²) in [5, 5.41) is 9.20. The van der Waals surface area contributed by atoms with Crippen LogP contribution in [0.15, 0.2) is 48.5 Å². The minimum Gasteiger partial charge on any atom is -0.486 e. The lowest BCUT2D eigenvalue weighted by Crippen LogP contribution is -2.35. The van der Waals surface area contributed by atoms with Crippen molar-refractivity contribution in [1.29, 1.82) is 0 Å². The maximum Gasteiger partial charge on any atom is 0.410 e. The molecule has 0 fully saturated rings. The van der Waals surface area contributed by atoms with Crippen molar-refractivity contribution in [2.75, 3.05) is 13.6 Å². The number of carbonyl (C=O) groups is 2. The first-order chi connectivity index (χ1) is 13.6. The summed E-state index contributed by atoms with van der Waals surface area (Å²) >= 11 is 0. The number of carboxylic acids is 1. The lowest BCUT2D eigenvalue weighted by molar-refractivity contribution is 0.0278. The summed E-state index contributed by atoms with van der Waals surface area (Å²) in [6.45, 7) is 7.68. The van der Waals surface area contributed by atoms with E-state index in [1.54, 1.807) is 32.2 Å². The van der Waals surface area contributed by atoms with Gasteiger partial charge in [-0.2, -0.15) is 0 Å². The number of aromatic carboxylic acids is 1. The first kappa shape index (κ1) is 22.3. The van der Waals surface area contributed by atoms with Gasteiger partial charge >= 0.3 is 12.1 Å². The van der Waals surface area contributed by atoms with Gasteiger partial charge in [0.15, 0.2) is 0 Å². The highest BCUT2D eigenvalue weighted by atomic mass is 16.6. The van der Waals surface area contributed by atoms with Crippen LogP contribution in [0.5, 0.6) is 5.75 Å². The average Bonchev–Trinajstić information content (AvgIpc) is 2.63. The monoisotopic (exact) mass is 399 g/mol. The molecule has 0 aliphatic heterocycles. The lowest BCUT2D eigenvalue weighted by Gasteiger charge is -2.26. The number of amides is 1. The number of hydrogen-bond donors (Lipinski definition) is 1. The van der Waals surface area contributed by atoms with E-state index in [-0.39, 0.29) is 17.8 Å². The fourth-order valence-corrected chi connectivity index (χ4v) is 2.82. The van der Waals surface area contributed by atoms with E-state index in [2.05, 4.69) is 0 Å². The van der Waals surface area contributed by atoms with Gasteiger partial charge in [0, 0.05) is 20.0 Å². The zero-order valence-electron chi connectivity index (χ0n) is 17.6. The van der Waals surface area contributed by atoms with Crippen molar-refractivity contribution in [2.24, 2.45) is 0 Å². The molecule has 0 spiro atoms. The molecule has 1 N–H and O–H groups in total. The predicted molar refractivity (Wildman–Crippen MR) is 111 cm³/mol. The highest BCUT2D eigenvalue weighted by Gasteiger charge is 2.22. The molecule has 0 heterocycles. The topological polar surface area (TPSA) is 76.1 Å². The van der Waals surface area contributed by atoms with Gasteiger partial charge in [0.1, 0.15) is 17.5 Å². The molecule has 2 aromatic rings. The molecule has 6 nitrogen and oxygen atoms in total. The highest BCUT2D eigenvalue weighted by Crippen LogP contribution is 2.27. The van der Waals surface area contributed by atoms with Crippen LogP contribution in [-0.4, -0.2) is 41.3 Å². The molecule has 6 heteroatoms. The standard InChI is InChI=1S/C23H29NO5/c1-16-15-18(11-12-19(16)21(25)26)28-20(17-9-7-6-8-10-17)13-14-24(5)22(27)29-23(2,3)4/h6-12,15,20H,13-14H2,1-5H3,(H,25,26). The molecule has 0 aliphatic carbocycles. The van der Waals surface area contributed by atoms with Gasteiger partial charge in [-0.1, -0.05) is 30.3 Å². The molecule has 0 aromatic heterocycles. The second kappa shape index (κ2) is 9.45. The number of aryl methyl sites for hydroxylation is 1. The van der Waals surface area contributed by atoms with Gasteiger partial charge in [-0.05, 0) is 57.0 Å². The molecule has 1 unspecified atom stereocenters. The quantitative estimate of drug-likeness (QED) is 0.703. The number of carbonyl (C=O) groups excluding carboxylic acids is 1. The number of hydrogen-bond acceptors (Lipinski definition) is 4. The van der Waals surface area contributed by atoms with Gasteiger partial charge in [-0.25, -0.2) is 9.59 Å². The van der Waals surface area contributed by atoms with E-state index in [1.165, 1.54) is 4.90 Å². The van der Waals surface area contributed by atoms with Crippen LogP contribution < -0.4 is 4.74 Å². The fraction of sp³-hybridized carbons (Fsp3) is 0.391. The van der Waals surface area contributed by atoms with Gasteiger partial charge in [-0.3, -0.25) is 0 Å². The Hall–Kier alpha value is -3.02. The third kappa shape index (κ3) is 6.82. The summed E-state index contributed by atoms with van der Waals surface area (Å²) in [5.74, 6) is -0.381. The number of benzene rings is 2. The lowest BCUT2D eigenvalue weighted by atomic mass is 10.1. The minimum atomic E-state index is -0.965. The van der Waals surface area contributed by atoms with Crippen molar-refractivity contribution >= 4 is 12.1 Å². The van der Waals surface area contributed by atoms with Gasteiger partial charge in [0.2, 0.25) is 0 Å². The first-order valence-corrected chi connectivity index (χ1v) is 9.56. The van der Waals surface area contributed by atoms with Gasteiger partial charge < -0.3 is 19.5 Å². The van der Waals surface area contributed by atoms with Crippen LogP contribution in [0.2, 0.25) is 0 Å². The van der Waals surface area contributed by atoms with Crippen LogP contribution >= 0.6 is 0 Å². The average molecular weight is 399 g/mol. The zero-order chi connectivity index (χ0) is 21.6. The van der Waals surface area contributed by atoms with Gasteiger partial charge in [0.25, 0.3) is 0 Å². The van der Waals surface area contributed by atoms with E-state index < -0.39 is 11.6 Å². The normalized spacial score (nSPS) is 12.2. The third-order valence-corrected chi connectivity index (χ3v) is 4.31. The number of rotatable bonds is 7. The molecule has 0 radical (unpaired) electrons. The van der Waals surface area contributed by atoms with Crippen LogP contribution in [0.1, 0.15) is 54.8 Å². The van der Waals surface area contributed by atoms with E-state index in [0.29, 0.717) is 24.3 Å². The minimum absolute atomic E-state index is 0.248. The first-order valence-electron chi connectivity index (χ1n) is 9.56. The highest BCUT2D eigenvalue weighted by molar-refractivity contribution is 5.89. The molecule has 0 bridgehead atoms. The maximum atomic E-state index is 12.2. The Bertz CT molecular complexity index is 842. The van der Waals surface area contributed by atoms with E-state index in [9.17, 15) is 14.7 Å². The van der Waals surface area contributed by atoms with Crippen molar-refractivity contribution in [1.82, 2.24) is 4.90 Å². The van der Waals surface area contributed by atoms with Crippen LogP contribution in [0, 0.1) is 6.92 Å². The molecular formula is C23H29NO5. The number of nitrogens with zero attached hydrogens (tertiary/aromatic N) is 1. The number of ether oxygens (including phenoxy) is 2. The Morgan fingerprint density at radius 1 is 1.10 bits per heavy atom. The molecule has 0 aliphatic rings. The van der Waals surface area contributed by atoms with Crippen molar-refractivity contribution in [3.8, 4) is 5.75 Å².